The molecule has 1 atom stereocenters. The largest absolute Gasteiger partial charge is 0.339 e. The summed E-state index contributed by atoms with van der Waals surface area (Å²) in [4.78, 5) is 14.2. The molecule has 0 saturated carbocycles. The average molecular weight is 346 g/mol. The monoisotopic (exact) mass is 344 g/mol. The third-order valence-corrected chi connectivity index (χ3v) is 4.97. The molecule has 1 heterocycles. The Morgan fingerprint density at radius 3 is 2.63 bits per heavy atom. The van der Waals surface area contributed by atoms with Gasteiger partial charge in [0.25, 0.3) is 5.91 Å². The first kappa shape index (κ1) is 14.8. The number of amides is 1. The number of likely N-dealkylation sites (tertiary alicyclic amines) is 1. The third kappa shape index (κ3) is 3.50. The molecule has 0 spiro atoms. The molecule has 104 valence electrons. The standard InChI is InChI=1S/C14H18BrClN2O/c1-9(17)10-4-6-18(7-5-10)14(19)11-2-3-12(15)13(16)8-11/h2-3,8-10H,4-7,17H2,1H3. The lowest BCUT2D eigenvalue weighted by atomic mass is 9.90. The van der Waals surface area contributed by atoms with Crippen LogP contribution < -0.4 is 5.73 Å². The average Bonchev–Trinajstić information content (AvgIpc) is 2.41. The van der Waals surface area contributed by atoms with Crippen molar-refractivity contribution in [1.82, 2.24) is 4.90 Å². The molecule has 1 fully saturated rings. The van der Waals surface area contributed by atoms with Gasteiger partial charge in [-0.25, -0.2) is 0 Å². The molecule has 1 amide bonds. The highest BCUT2D eigenvalue weighted by molar-refractivity contribution is 9.10. The molecule has 3 nitrogen and oxygen atoms in total. The van der Waals surface area contributed by atoms with Crippen LogP contribution in [0.3, 0.4) is 0 Å². The van der Waals surface area contributed by atoms with Crippen molar-refractivity contribution in [3.8, 4) is 0 Å². The van der Waals surface area contributed by atoms with Gasteiger partial charge in [0.15, 0.2) is 0 Å². The Morgan fingerprint density at radius 1 is 1.47 bits per heavy atom. The molecule has 1 aromatic rings. The van der Waals surface area contributed by atoms with Crippen LogP contribution in [-0.2, 0) is 0 Å². The molecule has 2 rings (SSSR count). The summed E-state index contributed by atoms with van der Waals surface area (Å²) >= 11 is 9.35. The number of hydrogen-bond donors (Lipinski definition) is 1. The Hall–Kier alpha value is -0.580. The van der Waals surface area contributed by atoms with E-state index in [9.17, 15) is 4.79 Å². The molecule has 1 saturated heterocycles. The Kier molecular flexibility index (Phi) is 4.87. The molecular formula is C14H18BrClN2O. The summed E-state index contributed by atoms with van der Waals surface area (Å²) < 4.78 is 0.807. The smallest absolute Gasteiger partial charge is 0.253 e. The maximum Gasteiger partial charge on any atom is 0.253 e. The van der Waals surface area contributed by atoms with Crippen LogP contribution >= 0.6 is 27.5 Å². The van der Waals surface area contributed by atoms with E-state index in [1.807, 2.05) is 17.9 Å². The molecule has 0 aromatic heterocycles. The van der Waals surface area contributed by atoms with E-state index in [0.717, 1.165) is 30.4 Å². The number of nitrogens with two attached hydrogens (primary N) is 1. The highest BCUT2D eigenvalue weighted by Gasteiger charge is 2.25. The number of benzene rings is 1. The van der Waals surface area contributed by atoms with Gasteiger partial charge in [-0.15, -0.1) is 0 Å². The van der Waals surface area contributed by atoms with Crippen LogP contribution in [0.5, 0.6) is 0 Å². The van der Waals surface area contributed by atoms with E-state index in [1.165, 1.54) is 0 Å². The van der Waals surface area contributed by atoms with Crippen molar-refractivity contribution in [3.05, 3.63) is 33.3 Å². The molecule has 5 heteroatoms. The fourth-order valence-corrected chi connectivity index (χ4v) is 2.87. The van der Waals surface area contributed by atoms with Crippen LogP contribution in [0.15, 0.2) is 22.7 Å². The van der Waals surface area contributed by atoms with Crippen molar-refractivity contribution in [2.24, 2.45) is 11.7 Å². The van der Waals surface area contributed by atoms with E-state index in [4.69, 9.17) is 17.3 Å². The van der Waals surface area contributed by atoms with Crippen LogP contribution in [-0.4, -0.2) is 29.9 Å². The van der Waals surface area contributed by atoms with Gasteiger partial charge in [0, 0.05) is 29.2 Å². The topological polar surface area (TPSA) is 46.3 Å². The van der Waals surface area contributed by atoms with Gasteiger partial charge >= 0.3 is 0 Å². The molecule has 1 aliphatic rings. The molecular weight excluding hydrogens is 328 g/mol. The molecule has 1 aliphatic heterocycles. The summed E-state index contributed by atoms with van der Waals surface area (Å²) in [7, 11) is 0. The second-order valence-electron chi connectivity index (χ2n) is 5.12. The van der Waals surface area contributed by atoms with Gasteiger partial charge < -0.3 is 10.6 Å². The first-order chi connectivity index (χ1) is 8.99. The number of piperidine rings is 1. The second-order valence-corrected chi connectivity index (χ2v) is 6.38. The lowest BCUT2D eigenvalue weighted by Crippen LogP contribution is -2.42. The van der Waals surface area contributed by atoms with Crippen LogP contribution in [0, 0.1) is 5.92 Å². The van der Waals surface area contributed by atoms with E-state index in [-0.39, 0.29) is 11.9 Å². The quantitative estimate of drug-likeness (QED) is 0.894. The summed E-state index contributed by atoms with van der Waals surface area (Å²) in [5.41, 5.74) is 6.56. The van der Waals surface area contributed by atoms with Gasteiger partial charge in [-0.3, -0.25) is 4.79 Å². The highest BCUT2D eigenvalue weighted by Crippen LogP contribution is 2.25. The Morgan fingerprint density at radius 2 is 2.11 bits per heavy atom. The predicted molar refractivity (Wildman–Crippen MR) is 81.4 cm³/mol. The Bertz CT molecular complexity index is 471. The van der Waals surface area contributed by atoms with E-state index in [1.54, 1.807) is 12.1 Å². The van der Waals surface area contributed by atoms with E-state index < -0.39 is 0 Å². The minimum Gasteiger partial charge on any atom is -0.339 e. The third-order valence-electron chi connectivity index (χ3n) is 3.74. The number of carbonyl (C=O) groups excluding carboxylic acids is 1. The van der Waals surface area contributed by atoms with Crippen molar-refractivity contribution in [2.45, 2.75) is 25.8 Å². The van der Waals surface area contributed by atoms with Crippen molar-refractivity contribution in [2.75, 3.05) is 13.1 Å². The molecule has 0 radical (unpaired) electrons. The molecule has 1 unspecified atom stereocenters. The van der Waals surface area contributed by atoms with Gasteiger partial charge in [-0.05, 0) is 59.8 Å². The van der Waals surface area contributed by atoms with Crippen LogP contribution in [0.25, 0.3) is 0 Å². The van der Waals surface area contributed by atoms with Crippen LogP contribution in [0.2, 0.25) is 5.02 Å². The van der Waals surface area contributed by atoms with E-state index in [2.05, 4.69) is 15.9 Å². The molecule has 2 N–H and O–H groups in total. The van der Waals surface area contributed by atoms with Crippen molar-refractivity contribution >= 4 is 33.4 Å². The predicted octanol–water partition coefficient (Wildman–Crippen LogP) is 3.30. The number of carbonyl (C=O) groups is 1. The SMILES string of the molecule is CC(N)C1CCN(C(=O)c2ccc(Br)c(Cl)c2)CC1. The summed E-state index contributed by atoms with van der Waals surface area (Å²) in [5.74, 6) is 0.579. The lowest BCUT2D eigenvalue weighted by molar-refractivity contribution is 0.0681. The number of hydrogen-bond acceptors (Lipinski definition) is 2. The highest BCUT2D eigenvalue weighted by atomic mass is 79.9. The van der Waals surface area contributed by atoms with Crippen LogP contribution in [0.1, 0.15) is 30.1 Å². The molecule has 1 aromatic carbocycles. The zero-order valence-corrected chi connectivity index (χ0v) is 13.2. The van der Waals surface area contributed by atoms with Gasteiger partial charge in [-0.1, -0.05) is 11.6 Å². The van der Waals surface area contributed by atoms with Crippen LogP contribution in [0.4, 0.5) is 0 Å². The van der Waals surface area contributed by atoms with Crippen molar-refractivity contribution in [3.63, 3.8) is 0 Å². The van der Waals surface area contributed by atoms with Gasteiger partial charge in [0.2, 0.25) is 0 Å². The van der Waals surface area contributed by atoms with Crippen molar-refractivity contribution < 1.29 is 4.79 Å². The first-order valence-electron chi connectivity index (χ1n) is 6.49. The molecule has 0 bridgehead atoms. The van der Waals surface area contributed by atoms with Gasteiger partial charge in [0.1, 0.15) is 0 Å². The summed E-state index contributed by atoms with van der Waals surface area (Å²) in [5, 5.41) is 0.566. The number of halogens is 2. The number of nitrogens with zero attached hydrogens (tertiary/aromatic N) is 1. The summed E-state index contributed by atoms with van der Waals surface area (Å²) in [6.45, 7) is 3.59. The van der Waals surface area contributed by atoms with E-state index in [0.29, 0.717) is 16.5 Å². The van der Waals surface area contributed by atoms with E-state index >= 15 is 0 Å². The minimum absolute atomic E-state index is 0.0533. The van der Waals surface area contributed by atoms with Gasteiger partial charge in [0.05, 0.1) is 5.02 Å². The van der Waals surface area contributed by atoms with Crippen molar-refractivity contribution in [1.29, 1.82) is 0 Å². The van der Waals surface area contributed by atoms with Gasteiger partial charge in [-0.2, -0.15) is 0 Å². The normalized spacial score (nSPS) is 18.4. The maximum absolute atomic E-state index is 12.4. The first-order valence-corrected chi connectivity index (χ1v) is 7.66. The fraction of sp³-hybridized carbons (Fsp3) is 0.500. The zero-order valence-electron chi connectivity index (χ0n) is 10.9. The Balaban J connectivity index is 2.03. The molecule has 0 aliphatic carbocycles. The lowest BCUT2D eigenvalue weighted by Gasteiger charge is -2.33. The Labute approximate surface area is 127 Å². The summed E-state index contributed by atoms with van der Waals surface area (Å²) in [6.07, 6.45) is 1.96. The summed E-state index contributed by atoms with van der Waals surface area (Å²) in [6, 6.07) is 5.53. The molecule has 19 heavy (non-hydrogen) atoms. The zero-order chi connectivity index (χ0) is 14.0. The maximum atomic E-state index is 12.4. The number of rotatable bonds is 2. The fourth-order valence-electron chi connectivity index (χ4n) is 2.44. The minimum atomic E-state index is 0.0533. The second kappa shape index (κ2) is 6.25.